The van der Waals surface area contributed by atoms with Gasteiger partial charge in [-0.2, -0.15) is 0 Å². The van der Waals surface area contributed by atoms with Crippen LogP contribution in [0, 0.1) is 6.57 Å². The topological polar surface area (TPSA) is 22.4 Å². The van der Waals surface area contributed by atoms with Gasteiger partial charge in [-0.3, -0.25) is 0 Å². The van der Waals surface area contributed by atoms with Crippen LogP contribution in [0.4, 0.5) is 5.69 Å². The largest absolute Gasteiger partial charge is 0.455 e. The molecular formula is C37H20N2OS. The first-order chi connectivity index (χ1) is 20.3. The summed E-state index contributed by atoms with van der Waals surface area (Å²) < 4.78 is 10.9. The second kappa shape index (κ2) is 8.32. The fourth-order valence-electron chi connectivity index (χ4n) is 6.44. The molecule has 0 aliphatic heterocycles. The maximum absolute atomic E-state index is 8.12. The van der Waals surface area contributed by atoms with E-state index < -0.39 is 0 Å². The molecule has 0 atom stereocenters. The number of aromatic nitrogens is 1. The van der Waals surface area contributed by atoms with Crippen LogP contribution in [-0.2, 0) is 0 Å². The maximum Gasteiger partial charge on any atom is 0.205 e. The van der Waals surface area contributed by atoms with E-state index in [9.17, 15) is 0 Å². The van der Waals surface area contributed by atoms with Crippen molar-refractivity contribution in [3.05, 3.63) is 133 Å². The van der Waals surface area contributed by atoms with Gasteiger partial charge in [-0.1, -0.05) is 84.9 Å². The molecule has 0 unspecified atom stereocenters. The lowest BCUT2D eigenvalue weighted by atomic mass is 9.99. The minimum Gasteiger partial charge on any atom is -0.455 e. The van der Waals surface area contributed by atoms with Crippen molar-refractivity contribution in [1.82, 2.24) is 4.57 Å². The molecule has 0 radical (unpaired) electrons. The van der Waals surface area contributed by atoms with E-state index in [1.54, 1.807) is 11.3 Å². The average Bonchev–Trinajstić information content (AvgIpc) is 3.70. The van der Waals surface area contributed by atoms with Crippen LogP contribution in [-0.4, -0.2) is 4.57 Å². The Bertz CT molecular complexity index is 2500. The van der Waals surface area contributed by atoms with Gasteiger partial charge in [0.05, 0.1) is 28.0 Å². The molecule has 0 aliphatic carbocycles. The monoisotopic (exact) mass is 540 g/mol. The van der Waals surface area contributed by atoms with Crippen molar-refractivity contribution in [2.24, 2.45) is 0 Å². The van der Waals surface area contributed by atoms with Crippen LogP contribution in [0.15, 0.2) is 126 Å². The summed E-state index contributed by atoms with van der Waals surface area (Å²) in [5, 5.41) is 6.93. The number of rotatable bonds is 2. The summed E-state index contributed by atoms with van der Waals surface area (Å²) >= 11 is 1.71. The van der Waals surface area contributed by atoms with Crippen LogP contribution >= 0.6 is 11.3 Å². The SMILES string of the molecule is [C-]#[N+]c1cc(-c2cccc3c2oc2ccccc23)cc2c1sc1c(-n3c4ccccc4c4ccccc43)cccc12. The van der Waals surface area contributed by atoms with E-state index in [1.807, 2.05) is 24.3 Å². The summed E-state index contributed by atoms with van der Waals surface area (Å²) in [5.41, 5.74) is 7.90. The smallest absolute Gasteiger partial charge is 0.205 e. The Balaban J connectivity index is 1.35. The molecule has 190 valence electrons. The van der Waals surface area contributed by atoms with Crippen LogP contribution in [0.3, 0.4) is 0 Å². The average molecular weight is 541 g/mol. The van der Waals surface area contributed by atoms with Gasteiger partial charge in [0.15, 0.2) is 0 Å². The van der Waals surface area contributed by atoms with Gasteiger partial charge in [-0.05, 0) is 47.3 Å². The highest BCUT2D eigenvalue weighted by Crippen LogP contribution is 2.46. The van der Waals surface area contributed by atoms with Crippen molar-refractivity contribution in [2.45, 2.75) is 0 Å². The fraction of sp³-hybridized carbons (Fsp3) is 0. The van der Waals surface area contributed by atoms with Crippen LogP contribution < -0.4 is 0 Å². The molecule has 3 heterocycles. The third-order valence-corrected chi connectivity index (χ3v) is 9.48. The van der Waals surface area contributed by atoms with E-state index in [1.165, 1.54) is 26.5 Å². The van der Waals surface area contributed by atoms with E-state index in [2.05, 4.69) is 106 Å². The highest BCUT2D eigenvalue weighted by atomic mass is 32.1. The molecule has 0 bridgehead atoms. The molecular weight excluding hydrogens is 520 g/mol. The van der Waals surface area contributed by atoms with Crippen molar-refractivity contribution in [1.29, 1.82) is 0 Å². The second-order valence-electron chi connectivity index (χ2n) is 10.4. The summed E-state index contributed by atoms with van der Waals surface area (Å²) in [7, 11) is 0. The predicted octanol–water partition coefficient (Wildman–Crippen LogP) is 11.3. The summed E-state index contributed by atoms with van der Waals surface area (Å²) in [6.07, 6.45) is 0. The maximum atomic E-state index is 8.12. The molecule has 0 amide bonds. The van der Waals surface area contributed by atoms with Crippen molar-refractivity contribution in [2.75, 3.05) is 0 Å². The number of nitrogens with zero attached hydrogens (tertiary/aromatic N) is 2. The molecule has 3 aromatic heterocycles. The summed E-state index contributed by atoms with van der Waals surface area (Å²) in [6, 6.07) is 42.4. The summed E-state index contributed by atoms with van der Waals surface area (Å²) in [4.78, 5) is 4.02. The zero-order valence-electron chi connectivity index (χ0n) is 21.8. The number of thiophene rings is 1. The molecule has 41 heavy (non-hydrogen) atoms. The molecule has 0 aliphatic rings. The first-order valence-corrected chi connectivity index (χ1v) is 14.4. The third-order valence-electron chi connectivity index (χ3n) is 8.21. The quantitative estimate of drug-likeness (QED) is 0.200. The Labute approximate surface area is 238 Å². The van der Waals surface area contributed by atoms with E-state index in [-0.39, 0.29) is 0 Å². The first kappa shape index (κ1) is 22.4. The predicted molar refractivity (Wildman–Crippen MR) is 173 cm³/mol. The van der Waals surface area contributed by atoms with E-state index in [0.29, 0.717) is 5.69 Å². The van der Waals surface area contributed by atoms with Gasteiger partial charge in [0.2, 0.25) is 5.69 Å². The second-order valence-corrected chi connectivity index (χ2v) is 11.4. The van der Waals surface area contributed by atoms with Gasteiger partial charge in [-0.15, -0.1) is 11.3 Å². The molecule has 3 nitrogen and oxygen atoms in total. The minimum absolute atomic E-state index is 0.667. The minimum atomic E-state index is 0.667. The van der Waals surface area contributed by atoms with Gasteiger partial charge >= 0.3 is 0 Å². The van der Waals surface area contributed by atoms with Gasteiger partial charge in [-0.25, -0.2) is 4.85 Å². The first-order valence-electron chi connectivity index (χ1n) is 13.6. The molecule has 0 spiro atoms. The normalized spacial score (nSPS) is 11.9. The Morgan fingerprint density at radius 3 is 2.02 bits per heavy atom. The van der Waals surface area contributed by atoms with Crippen LogP contribution in [0.5, 0.6) is 0 Å². The molecule has 6 aromatic carbocycles. The molecule has 0 fully saturated rings. The zero-order chi connectivity index (χ0) is 27.1. The van der Waals surface area contributed by atoms with Gasteiger partial charge < -0.3 is 8.98 Å². The van der Waals surface area contributed by atoms with E-state index >= 15 is 0 Å². The van der Waals surface area contributed by atoms with Crippen LogP contribution in [0.1, 0.15) is 0 Å². The van der Waals surface area contributed by atoms with Crippen molar-refractivity contribution < 1.29 is 4.42 Å². The number of para-hydroxylation sites is 4. The molecule has 4 heteroatoms. The van der Waals surface area contributed by atoms with Crippen molar-refractivity contribution in [3.8, 4) is 16.8 Å². The number of benzene rings is 6. The Morgan fingerprint density at radius 2 is 1.24 bits per heavy atom. The standard InChI is InChI=1S/C37H20N2OS/c1-38-30-21-22(23-13-8-14-27-26-12-4-7-19-34(26)40-35(23)27)20-29-28-15-9-18-33(37(28)41-36(29)30)39-31-16-5-2-10-24(31)25-11-3-6-17-32(25)39/h2-21H. The summed E-state index contributed by atoms with van der Waals surface area (Å²) in [6.45, 7) is 8.12. The van der Waals surface area contributed by atoms with Crippen molar-refractivity contribution in [3.63, 3.8) is 0 Å². The van der Waals surface area contributed by atoms with E-state index in [0.717, 1.165) is 54.2 Å². The zero-order valence-corrected chi connectivity index (χ0v) is 22.6. The molecule has 9 aromatic rings. The fourth-order valence-corrected chi connectivity index (χ4v) is 7.68. The highest BCUT2D eigenvalue weighted by molar-refractivity contribution is 7.26. The van der Waals surface area contributed by atoms with Gasteiger partial charge in [0.25, 0.3) is 0 Å². The number of furan rings is 1. The molecule has 0 saturated heterocycles. The van der Waals surface area contributed by atoms with Crippen molar-refractivity contribution >= 4 is 80.9 Å². The Kier molecular flexibility index (Phi) is 4.55. The lowest BCUT2D eigenvalue weighted by Crippen LogP contribution is -1.93. The third kappa shape index (κ3) is 3.07. The molecule has 0 N–H and O–H groups in total. The Hall–Kier alpha value is -5.37. The molecule has 0 saturated carbocycles. The highest BCUT2D eigenvalue weighted by Gasteiger charge is 2.19. The molecule has 9 rings (SSSR count). The number of fused-ring (bicyclic) bond motifs is 9. The number of hydrogen-bond donors (Lipinski definition) is 0. The van der Waals surface area contributed by atoms with Crippen LogP contribution in [0.2, 0.25) is 0 Å². The van der Waals surface area contributed by atoms with Gasteiger partial charge in [0, 0.05) is 37.2 Å². The number of hydrogen-bond acceptors (Lipinski definition) is 2. The van der Waals surface area contributed by atoms with E-state index in [4.69, 9.17) is 11.0 Å². The Morgan fingerprint density at radius 1 is 0.585 bits per heavy atom. The lowest BCUT2D eigenvalue weighted by molar-refractivity contribution is 0.670. The lowest BCUT2D eigenvalue weighted by Gasteiger charge is -2.09. The summed E-state index contributed by atoms with van der Waals surface area (Å²) in [5.74, 6) is 0. The van der Waals surface area contributed by atoms with Gasteiger partial charge in [0.1, 0.15) is 11.2 Å². The van der Waals surface area contributed by atoms with Crippen LogP contribution in [0.25, 0.3) is 85.6 Å².